The van der Waals surface area contributed by atoms with E-state index in [9.17, 15) is 0 Å². The zero-order valence-electron chi connectivity index (χ0n) is 8.63. The van der Waals surface area contributed by atoms with Gasteiger partial charge < -0.3 is 9.47 Å². The first-order chi connectivity index (χ1) is 7.29. The third-order valence-corrected chi connectivity index (χ3v) is 2.82. The Labute approximate surface area is 104 Å². The topological polar surface area (TPSA) is 18.5 Å². The molecule has 0 spiro atoms. The minimum atomic E-state index is 0.658. The second kappa shape index (κ2) is 6.96. The highest BCUT2D eigenvalue weighted by atomic mass is 79.9. The summed E-state index contributed by atoms with van der Waals surface area (Å²) in [4.78, 5) is 0. The van der Waals surface area contributed by atoms with Gasteiger partial charge in [-0.05, 0) is 40.9 Å². The summed E-state index contributed by atoms with van der Waals surface area (Å²) in [5.41, 5.74) is 0. The molecule has 0 heterocycles. The second-order valence-corrected chi connectivity index (χ2v) is 4.25. The van der Waals surface area contributed by atoms with Gasteiger partial charge in [-0.15, -0.1) is 11.6 Å². The molecule has 4 heteroatoms. The molecule has 84 valence electrons. The van der Waals surface area contributed by atoms with Crippen LogP contribution in [0.15, 0.2) is 22.7 Å². The summed E-state index contributed by atoms with van der Waals surface area (Å²) in [7, 11) is 1.63. The minimum Gasteiger partial charge on any atom is -0.493 e. The Bertz CT molecular complexity index is 305. The van der Waals surface area contributed by atoms with Crippen molar-refractivity contribution in [3.63, 3.8) is 0 Å². The van der Waals surface area contributed by atoms with Crippen molar-refractivity contribution in [3.05, 3.63) is 22.7 Å². The number of halogens is 2. The molecule has 0 aliphatic rings. The van der Waals surface area contributed by atoms with Crippen LogP contribution in [-0.4, -0.2) is 19.6 Å². The highest BCUT2D eigenvalue weighted by Crippen LogP contribution is 2.34. The van der Waals surface area contributed by atoms with E-state index >= 15 is 0 Å². The van der Waals surface area contributed by atoms with Crippen LogP contribution in [0.2, 0.25) is 0 Å². The van der Waals surface area contributed by atoms with Gasteiger partial charge in [0.2, 0.25) is 0 Å². The predicted molar refractivity (Wildman–Crippen MR) is 66.1 cm³/mol. The molecule has 0 fully saturated rings. The molecule has 1 rings (SSSR count). The SMILES string of the molecule is COc1cccc(Br)c1OCCCCCl. The Morgan fingerprint density at radius 3 is 2.80 bits per heavy atom. The highest BCUT2D eigenvalue weighted by Gasteiger charge is 2.07. The van der Waals surface area contributed by atoms with Gasteiger partial charge in [-0.3, -0.25) is 0 Å². The van der Waals surface area contributed by atoms with Crippen molar-refractivity contribution in [1.82, 2.24) is 0 Å². The van der Waals surface area contributed by atoms with Gasteiger partial charge in [0.1, 0.15) is 0 Å². The van der Waals surface area contributed by atoms with E-state index < -0.39 is 0 Å². The molecule has 15 heavy (non-hydrogen) atoms. The van der Waals surface area contributed by atoms with Gasteiger partial charge in [0.15, 0.2) is 11.5 Å². The van der Waals surface area contributed by atoms with Gasteiger partial charge >= 0.3 is 0 Å². The van der Waals surface area contributed by atoms with E-state index in [-0.39, 0.29) is 0 Å². The maximum atomic E-state index is 5.63. The fourth-order valence-electron chi connectivity index (χ4n) is 1.16. The van der Waals surface area contributed by atoms with Crippen LogP contribution in [0.3, 0.4) is 0 Å². The largest absolute Gasteiger partial charge is 0.493 e. The van der Waals surface area contributed by atoms with Crippen molar-refractivity contribution in [1.29, 1.82) is 0 Å². The molecule has 1 aromatic carbocycles. The second-order valence-electron chi connectivity index (χ2n) is 3.02. The number of rotatable bonds is 6. The van der Waals surface area contributed by atoms with Crippen LogP contribution < -0.4 is 9.47 Å². The number of hydrogen-bond donors (Lipinski definition) is 0. The van der Waals surface area contributed by atoms with Crippen molar-refractivity contribution in [2.45, 2.75) is 12.8 Å². The molecule has 1 aromatic rings. The summed E-state index contributed by atoms with van der Waals surface area (Å²) in [5, 5.41) is 0. The highest BCUT2D eigenvalue weighted by molar-refractivity contribution is 9.10. The van der Waals surface area contributed by atoms with E-state index in [4.69, 9.17) is 21.1 Å². The molecule has 2 nitrogen and oxygen atoms in total. The lowest BCUT2D eigenvalue weighted by atomic mass is 10.3. The fraction of sp³-hybridized carbons (Fsp3) is 0.455. The van der Waals surface area contributed by atoms with Crippen LogP contribution in [0.25, 0.3) is 0 Å². The first-order valence-corrected chi connectivity index (χ1v) is 6.13. The van der Waals surface area contributed by atoms with Crippen LogP contribution in [0.5, 0.6) is 11.5 Å². The van der Waals surface area contributed by atoms with Crippen molar-refractivity contribution in [3.8, 4) is 11.5 Å². The monoisotopic (exact) mass is 292 g/mol. The van der Waals surface area contributed by atoms with Crippen molar-refractivity contribution < 1.29 is 9.47 Å². The lowest BCUT2D eigenvalue weighted by molar-refractivity contribution is 0.286. The average Bonchev–Trinajstić information content (AvgIpc) is 2.26. The molecular formula is C11H14BrClO2. The molecule has 0 unspecified atom stereocenters. The zero-order chi connectivity index (χ0) is 11.1. The van der Waals surface area contributed by atoms with Crippen molar-refractivity contribution in [2.24, 2.45) is 0 Å². The summed E-state index contributed by atoms with van der Waals surface area (Å²) >= 11 is 9.01. The van der Waals surface area contributed by atoms with E-state index in [1.165, 1.54) is 0 Å². The molecule has 0 amide bonds. The Kier molecular flexibility index (Phi) is 5.88. The maximum Gasteiger partial charge on any atom is 0.175 e. The summed E-state index contributed by atoms with van der Waals surface area (Å²) in [6, 6.07) is 5.72. The molecule has 0 saturated carbocycles. The van der Waals surface area contributed by atoms with Crippen LogP contribution >= 0.6 is 27.5 Å². The van der Waals surface area contributed by atoms with Crippen LogP contribution in [0, 0.1) is 0 Å². The maximum absolute atomic E-state index is 5.63. The summed E-state index contributed by atoms with van der Waals surface area (Å²) in [5.74, 6) is 2.18. The number of unbranched alkanes of at least 4 members (excludes halogenated alkanes) is 1. The summed E-state index contributed by atoms with van der Waals surface area (Å²) in [6.07, 6.45) is 1.92. The Balaban J connectivity index is 2.58. The van der Waals surface area contributed by atoms with E-state index in [2.05, 4.69) is 15.9 Å². The number of benzene rings is 1. The van der Waals surface area contributed by atoms with E-state index in [0.29, 0.717) is 12.5 Å². The van der Waals surface area contributed by atoms with Crippen molar-refractivity contribution in [2.75, 3.05) is 19.6 Å². The standard InChI is InChI=1S/C11H14BrClO2/c1-14-10-6-4-5-9(12)11(10)15-8-3-2-7-13/h4-6H,2-3,7-8H2,1H3. The lowest BCUT2D eigenvalue weighted by Crippen LogP contribution is -2.00. The molecular weight excluding hydrogens is 279 g/mol. The lowest BCUT2D eigenvalue weighted by Gasteiger charge is -2.11. The smallest absolute Gasteiger partial charge is 0.175 e. The molecule has 0 aliphatic heterocycles. The summed E-state index contributed by atoms with van der Waals surface area (Å²) in [6.45, 7) is 0.658. The molecule has 0 aliphatic carbocycles. The van der Waals surface area contributed by atoms with Gasteiger partial charge in [-0.25, -0.2) is 0 Å². The number of ether oxygens (including phenoxy) is 2. The molecule has 0 atom stereocenters. The van der Waals surface area contributed by atoms with Gasteiger partial charge in [-0.2, -0.15) is 0 Å². The van der Waals surface area contributed by atoms with Crippen molar-refractivity contribution >= 4 is 27.5 Å². The first-order valence-electron chi connectivity index (χ1n) is 4.81. The number of para-hydroxylation sites is 1. The van der Waals surface area contributed by atoms with E-state index in [0.717, 1.165) is 28.8 Å². The molecule has 0 bridgehead atoms. The normalized spacial score (nSPS) is 10.1. The Morgan fingerprint density at radius 2 is 2.13 bits per heavy atom. The van der Waals surface area contributed by atoms with Gasteiger partial charge in [-0.1, -0.05) is 6.07 Å². The predicted octanol–water partition coefficient (Wildman–Crippen LogP) is 3.86. The van der Waals surface area contributed by atoms with Gasteiger partial charge in [0.25, 0.3) is 0 Å². The molecule has 0 aromatic heterocycles. The van der Waals surface area contributed by atoms with Crippen LogP contribution in [-0.2, 0) is 0 Å². The Hall–Kier alpha value is -0.410. The third-order valence-electron chi connectivity index (χ3n) is 1.93. The zero-order valence-corrected chi connectivity index (χ0v) is 11.0. The quantitative estimate of drug-likeness (QED) is 0.586. The van der Waals surface area contributed by atoms with Gasteiger partial charge in [0, 0.05) is 5.88 Å². The minimum absolute atomic E-state index is 0.658. The third kappa shape index (κ3) is 3.92. The molecule has 0 radical (unpaired) electrons. The van der Waals surface area contributed by atoms with E-state index in [1.807, 2.05) is 18.2 Å². The number of methoxy groups -OCH3 is 1. The van der Waals surface area contributed by atoms with Gasteiger partial charge in [0.05, 0.1) is 18.2 Å². The number of hydrogen-bond acceptors (Lipinski definition) is 2. The summed E-state index contributed by atoms with van der Waals surface area (Å²) < 4.78 is 11.7. The first kappa shape index (κ1) is 12.7. The molecule has 0 N–H and O–H groups in total. The van der Waals surface area contributed by atoms with Crippen LogP contribution in [0.4, 0.5) is 0 Å². The molecule has 0 saturated heterocycles. The Morgan fingerprint density at radius 1 is 1.33 bits per heavy atom. The van der Waals surface area contributed by atoms with E-state index in [1.54, 1.807) is 7.11 Å². The number of alkyl halides is 1. The average molecular weight is 294 g/mol. The van der Waals surface area contributed by atoms with Crippen LogP contribution in [0.1, 0.15) is 12.8 Å². The fourth-order valence-corrected chi connectivity index (χ4v) is 1.81.